The predicted molar refractivity (Wildman–Crippen MR) is 60.6 cm³/mol. The van der Waals surface area contributed by atoms with Crippen LogP contribution in [0, 0.1) is 0 Å². The second-order valence-corrected chi connectivity index (χ2v) is 4.86. The van der Waals surface area contributed by atoms with E-state index in [1.54, 1.807) is 0 Å². The highest BCUT2D eigenvalue weighted by atomic mass is 16.4. The molecule has 0 aromatic rings. The smallest absolute Gasteiger partial charge is 0.299 e. The molecule has 0 aromatic heterocycles. The number of hydrogen-bond acceptors (Lipinski definition) is 2. The van der Waals surface area contributed by atoms with Gasteiger partial charge in [0.25, 0.3) is 6.92 Å². The van der Waals surface area contributed by atoms with Crippen molar-refractivity contribution in [1.82, 2.24) is 0 Å². The number of fused-ring (bicyclic) bond motifs is 2. The van der Waals surface area contributed by atoms with Gasteiger partial charge in [0.15, 0.2) is 0 Å². The summed E-state index contributed by atoms with van der Waals surface area (Å²) in [5, 5.41) is 0. The summed E-state index contributed by atoms with van der Waals surface area (Å²) in [5.41, 5.74) is 5.48. The van der Waals surface area contributed by atoms with Crippen molar-refractivity contribution < 1.29 is 4.65 Å². The lowest BCUT2D eigenvalue weighted by Gasteiger charge is -2.39. The summed E-state index contributed by atoms with van der Waals surface area (Å²) in [6, 6.07) is 0. The van der Waals surface area contributed by atoms with Gasteiger partial charge in [0, 0.05) is 6.61 Å². The molecule has 2 saturated heterocycles. The summed E-state index contributed by atoms with van der Waals surface area (Å²) in [4.78, 5) is 0. The molecule has 0 atom stereocenters. The Morgan fingerprint density at radius 2 is 1.64 bits per heavy atom. The maximum Gasteiger partial charge on any atom is 0.299 e. The highest BCUT2D eigenvalue weighted by Crippen LogP contribution is 2.46. The zero-order chi connectivity index (χ0) is 9.80. The quantitative estimate of drug-likeness (QED) is 0.552. The summed E-state index contributed by atoms with van der Waals surface area (Å²) in [7, 11) is 0. The van der Waals surface area contributed by atoms with Crippen molar-refractivity contribution in [3.8, 4) is 0 Å². The minimum absolute atomic E-state index is 0.587. The Labute approximate surface area is 87.7 Å². The Bertz CT molecular complexity index is 155. The molecular formula is C11H22BNO. The molecule has 0 aromatic carbocycles. The van der Waals surface area contributed by atoms with Crippen molar-refractivity contribution in [3.63, 3.8) is 0 Å². The van der Waals surface area contributed by atoms with Crippen molar-refractivity contribution >= 4 is 6.92 Å². The maximum atomic E-state index is 6.01. The maximum absolute atomic E-state index is 6.01. The second kappa shape index (κ2) is 5.17. The first-order valence-corrected chi connectivity index (χ1v) is 6.23. The fourth-order valence-corrected chi connectivity index (χ4v) is 3.19. The fraction of sp³-hybridized carbons (Fsp3) is 1.00. The average molecular weight is 195 g/mol. The SMILES string of the molecule is NCCCOB1C2CCCC1CCC2. The van der Waals surface area contributed by atoms with Gasteiger partial charge in [-0.15, -0.1) is 0 Å². The predicted octanol–water partition coefficient (Wildman–Crippen LogP) is 2.45. The van der Waals surface area contributed by atoms with Crippen LogP contribution >= 0.6 is 0 Å². The van der Waals surface area contributed by atoms with Crippen molar-refractivity contribution in [2.75, 3.05) is 13.2 Å². The fourth-order valence-electron chi connectivity index (χ4n) is 3.19. The lowest BCUT2D eigenvalue weighted by Crippen LogP contribution is -2.37. The van der Waals surface area contributed by atoms with Crippen LogP contribution < -0.4 is 5.73 Å². The Morgan fingerprint density at radius 1 is 1.07 bits per heavy atom. The Kier molecular flexibility index (Phi) is 3.88. The monoisotopic (exact) mass is 195 g/mol. The van der Waals surface area contributed by atoms with Gasteiger partial charge < -0.3 is 10.4 Å². The molecular weight excluding hydrogens is 173 g/mol. The van der Waals surface area contributed by atoms with Crippen LogP contribution in [0.2, 0.25) is 11.6 Å². The van der Waals surface area contributed by atoms with Gasteiger partial charge in [0.05, 0.1) is 0 Å². The summed E-state index contributed by atoms with van der Waals surface area (Å²) in [5.74, 6) is 1.75. The van der Waals surface area contributed by atoms with Gasteiger partial charge in [0.1, 0.15) is 0 Å². The van der Waals surface area contributed by atoms with E-state index in [2.05, 4.69) is 0 Å². The van der Waals surface area contributed by atoms with E-state index in [4.69, 9.17) is 10.4 Å². The Balaban J connectivity index is 1.82. The van der Waals surface area contributed by atoms with Crippen molar-refractivity contribution in [3.05, 3.63) is 0 Å². The second-order valence-electron chi connectivity index (χ2n) is 4.86. The van der Waals surface area contributed by atoms with Crippen LogP contribution in [0.4, 0.5) is 0 Å². The molecule has 0 saturated carbocycles. The van der Waals surface area contributed by atoms with Gasteiger partial charge in [-0.05, 0) is 24.6 Å². The first kappa shape index (κ1) is 10.5. The zero-order valence-corrected chi connectivity index (χ0v) is 9.08. The van der Waals surface area contributed by atoms with E-state index >= 15 is 0 Å². The summed E-state index contributed by atoms with van der Waals surface area (Å²) < 4.78 is 6.01. The van der Waals surface area contributed by atoms with E-state index in [0.717, 1.165) is 31.2 Å². The molecule has 3 heteroatoms. The number of nitrogens with two attached hydrogens (primary N) is 1. The van der Waals surface area contributed by atoms with Crippen LogP contribution in [0.25, 0.3) is 0 Å². The zero-order valence-electron chi connectivity index (χ0n) is 9.08. The normalized spacial score (nSPS) is 31.9. The van der Waals surface area contributed by atoms with Crippen LogP contribution in [0.15, 0.2) is 0 Å². The summed E-state index contributed by atoms with van der Waals surface area (Å²) in [6.07, 6.45) is 9.52. The molecule has 80 valence electrons. The molecule has 2 aliphatic heterocycles. The molecule has 2 N–H and O–H groups in total. The molecule has 2 nitrogen and oxygen atoms in total. The first-order valence-electron chi connectivity index (χ1n) is 6.23. The van der Waals surface area contributed by atoms with Gasteiger partial charge in [0.2, 0.25) is 0 Å². The molecule has 2 bridgehead atoms. The highest BCUT2D eigenvalue weighted by molar-refractivity contribution is 6.56. The Morgan fingerprint density at radius 3 is 2.14 bits per heavy atom. The van der Waals surface area contributed by atoms with Crippen LogP contribution in [0.1, 0.15) is 44.9 Å². The van der Waals surface area contributed by atoms with E-state index in [-0.39, 0.29) is 0 Å². The Hall–Kier alpha value is -0.0151. The molecule has 2 fully saturated rings. The molecule has 0 unspecified atom stereocenters. The van der Waals surface area contributed by atoms with E-state index in [1.165, 1.54) is 38.5 Å². The lowest BCUT2D eigenvalue weighted by atomic mass is 9.38. The molecule has 0 radical (unpaired) electrons. The van der Waals surface area contributed by atoms with Crippen LogP contribution in [0.5, 0.6) is 0 Å². The number of rotatable bonds is 4. The highest BCUT2D eigenvalue weighted by Gasteiger charge is 2.40. The molecule has 0 aliphatic carbocycles. The molecule has 0 spiro atoms. The minimum atomic E-state index is 0.587. The van der Waals surface area contributed by atoms with Gasteiger partial charge in [-0.1, -0.05) is 38.5 Å². The van der Waals surface area contributed by atoms with Crippen LogP contribution in [-0.4, -0.2) is 20.1 Å². The molecule has 14 heavy (non-hydrogen) atoms. The third kappa shape index (κ3) is 2.32. The van der Waals surface area contributed by atoms with E-state index < -0.39 is 0 Å². The third-order valence-corrected chi connectivity index (χ3v) is 3.89. The number of hydrogen-bond donors (Lipinski definition) is 1. The van der Waals surface area contributed by atoms with Crippen molar-refractivity contribution in [2.45, 2.75) is 56.6 Å². The molecule has 0 amide bonds. The average Bonchev–Trinajstić information content (AvgIpc) is 2.17. The summed E-state index contributed by atoms with van der Waals surface area (Å²) in [6.45, 7) is 2.24. The molecule has 2 heterocycles. The molecule has 2 aliphatic rings. The van der Waals surface area contributed by atoms with Crippen LogP contribution in [0.3, 0.4) is 0 Å². The van der Waals surface area contributed by atoms with Crippen molar-refractivity contribution in [1.29, 1.82) is 0 Å². The first-order chi connectivity index (χ1) is 6.92. The topological polar surface area (TPSA) is 35.2 Å². The largest absolute Gasteiger partial charge is 0.435 e. The van der Waals surface area contributed by atoms with E-state index in [9.17, 15) is 0 Å². The lowest BCUT2D eigenvalue weighted by molar-refractivity contribution is 0.266. The molecule has 2 rings (SSSR count). The van der Waals surface area contributed by atoms with Gasteiger partial charge in [-0.25, -0.2) is 0 Å². The van der Waals surface area contributed by atoms with Gasteiger partial charge in [-0.2, -0.15) is 0 Å². The third-order valence-electron chi connectivity index (χ3n) is 3.89. The van der Waals surface area contributed by atoms with Crippen molar-refractivity contribution in [2.24, 2.45) is 5.73 Å². The van der Waals surface area contributed by atoms with E-state index in [0.29, 0.717) is 6.92 Å². The van der Waals surface area contributed by atoms with Crippen LogP contribution in [-0.2, 0) is 4.65 Å². The minimum Gasteiger partial charge on any atom is -0.435 e. The standard InChI is InChI=1S/C11H22BNO/c13-8-3-9-14-12-10-4-1-5-11(12)7-2-6-10/h10-11H,1-9,13H2. The van der Waals surface area contributed by atoms with Gasteiger partial charge >= 0.3 is 0 Å². The summed E-state index contributed by atoms with van der Waals surface area (Å²) >= 11 is 0. The van der Waals surface area contributed by atoms with Gasteiger partial charge in [-0.3, -0.25) is 0 Å². The van der Waals surface area contributed by atoms with E-state index in [1.807, 2.05) is 0 Å².